The van der Waals surface area contributed by atoms with Gasteiger partial charge in [-0.15, -0.1) is 0 Å². The fourth-order valence-corrected chi connectivity index (χ4v) is 3.66. The van der Waals surface area contributed by atoms with Crippen LogP contribution in [0, 0.1) is 6.92 Å². The molecule has 1 aromatic heterocycles. The lowest BCUT2D eigenvalue weighted by Gasteiger charge is -2.17. The molecule has 0 radical (unpaired) electrons. The molecule has 1 heterocycles. The molecule has 0 saturated carbocycles. The molecular weight excluding hydrogens is 306 g/mol. The number of benzene rings is 1. The van der Waals surface area contributed by atoms with Crippen molar-refractivity contribution >= 4 is 9.84 Å². The first-order chi connectivity index (χ1) is 10.7. The van der Waals surface area contributed by atoms with Gasteiger partial charge in [-0.3, -0.25) is 4.98 Å². The Balaban J connectivity index is 1.95. The molecule has 4 heteroatoms. The minimum atomic E-state index is -3.20. The van der Waals surface area contributed by atoms with Crippen LogP contribution in [0.3, 0.4) is 0 Å². The third kappa shape index (κ3) is 4.90. The predicted octanol–water partition coefficient (Wildman–Crippen LogP) is 4.09. The van der Waals surface area contributed by atoms with E-state index in [1.165, 1.54) is 0 Å². The van der Waals surface area contributed by atoms with Crippen LogP contribution in [0.15, 0.2) is 47.5 Å². The van der Waals surface area contributed by atoms with Gasteiger partial charge in [-0.2, -0.15) is 0 Å². The topological polar surface area (TPSA) is 47.0 Å². The molecule has 0 atom stereocenters. The Labute approximate surface area is 139 Å². The Morgan fingerprint density at radius 1 is 1.00 bits per heavy atom. The molecule has 0 bridgehead atoms. The second-order valence-electron chi connectivity index (χ2n) is 7.04. The van der Waals surface area contributed by atoms with Crippen LogP contribution >= 0.6 is 0 Å². The highest BCUT2D eigenvalue weighted by molar-refractivity contribution is 7.91. The number of rotatable bonds is 5. The summed E-state index contributed by atoms with van der Waals surface area (Å²) in [5, 5.41) is 0. The van der Waals surface area contributed by atoms with Crippen LogP contribution in [0.25, 0.3) is 0 Å². The van der Waals surface area contributed by atoms with E-state index >= 15 is 0 Å². The SMILES string of the molecule is Cc1ccc(S(=O)(=O)CCCc2ccc(C(C)(C)C)nc2)cc1. The van der Waals surface area contributed by atoms with Gasteiger partial charge in [0.2, 0.25) is 0 Å². The highest BCUT2D eigenvalue weighted by Gasteiger charge is 2.16. The number of hydrogen-bond acceptors (Lipinski definition) is 3. The lowest BCUT2D eigenvalue weighted by atomic mass is 9.91. The van der Waals surface area contributed by atoms with E-state index in [4.69, 9.17) is 0 Å². The van der Waals surface area contributed by atoms with Crippen LogP contribution in [0.1, 0.15) is 44.0 Å². The highest BCUT2D eigenvalue weighted by Crippen LogP contribution is 2.20. The fraction of sp³-hybridized carbons (Fsp3) is 0.421. The summed E-state index contributed by atoms with van der Waals surface area (Å²) in [6.45, 7) is 8.33. The van der Waals surface area contributed by atoms with Crippen molar-refractivity contribution in [2.75, 3.05) is 5.75 Å². The summed E-state index contributed by atoms with van der Waals surface area (Å²) >= 11 is 0. The Morgan fingerprint density at radius 2 is 1.65 bits per heavy atom. The molecule has 0 fully saturated rings. The van der Waals surface area contributed by atoms with Crippen LogP contribution in [-0.4, -0.2) is 19.2 Å². The molecule has 0 N–H and O–H groups in total. The second kappa shape index (κ2) is 6.83. The van der Waals surface area contributed by atoms with E-state index in [1.807, 2.05) is 37.4 Å². The molecule has 0 aliphatic carbocycles. The maximum absolute atomic E-state index is 12.3. The number of nitrogens with zero attached hydrogens (tertiary/aromatic N) is 1. The zero-order chi connectivity index (χ0) is 17.1. The smallest absolute Gasteiger partial charge is 0.178 e. The first-order valence-corrected chi connectivity index (χ1v) is 9.58. The Bertz CT molecular complexity index is 739. The number of aryl methyl sites for hydroxylation is 2. The van der Waals surface area contributed by atoms with Crippen LogP contribution in [0.2, 0.25) is 0 Å². The molecular formula is C19H25NO2S. The van der Waals surface area contributed by atoms with Crippen LogP contribution in [0.5, 0.6) is 0 Å². The zero-order valence-corrected chi connectivity index (χ0v) is 15.2. The van der Waals surface area contributed by atoms with Gasteiger partial charge in [0, 0.05) is 17.3 Å². The standard InChI is InChI=1S/C19H25NO2S/c1-15-7-10-17(11-8-15)23(21,22)13-5-6-16-9-12-18(20-14-16)19(2,3)4/h7-12,14H,5-6,13H2,1-4H3. The lowest BCUT2D eigenvalue weighted by molar-refractivity contribution is 0.568. The molecule has 0 aliphatic rings. The van der Waals surface area contributed by atoms with Gasteiger partial charge in [-0.1, -0.05) is 44.5 Å². The Hall–Kier alpha value is -1.68. The van der Waals surface area contributed by atoms with Gasteiger partial charge >= 0.3 is 0 Å². The molecule has 3 nitrogen and oxygen atoms in total. The number of hydrogen-bond donors (Lipinski definition) is 0. The third-order valence-corrected chi connectivity index (χ3v) is 5.67. The maximum atomic E-state index is 12.3. The van der Waals surface area contributed by atoms with Gasteiger partial charge in [-0.05, 0) is 43.5 Å². The van der Waals surface area contributed by atoms with E-state index in [-0.39, 0.29) is 11.2 Å². The summed E-state index contributed by atoms with van der Waals surface area (Å²) in [5.74, 6) is 0.164. The van der Waals surface area contributed by atoms with Crippen molar-refractivity contribution in [1.82, 2.24) is 4.98 Å². The molecule has 0 aliphatic heterocycles. The minimum Gasteiger partial charge on any atom is -0.260 e. The van der Waals surface area contributed by atoms with Crippen molar-refractivity contribution in [3.8, 4) is 0 Å². The van der Waals surface area contributed by atoms with Crippen molar-refractivity contribution in [3.05, 3.63) is 59.4 Å². The summed E-state index contributed by atoms with van der Waals surface area (Å²) in [5.41, 5.74) is 3.23. The third-order valence-electron chi connectivity index (χ3n) is 3.85. The normalized spacial score (nSPS) is 12.3. The first kappa shape index (κ1) is 17.7. The molecule has 0 unspecified atom stereocenters. The molecule has 1 aromatic carbocycles. The molecule has 2 aromatic rings. The Morgan fingerprint density at radius 3 is 2.17 bits per heavy atom. The summed E-state index contributed by atoms with van der Waals surface area (Å²) < 4.78 is 24.6. The second-order valence-corrected chi connectivity index (χ2v) is 9.15. The monoisotopic (exact) mass is 331 g/mol. The highest BCUT2D eigenvalue weighted by atomic mass is 32.2. The average Bonchev–Trinajstić information content (AvgIpc) is 2.47. The molecule has 2 rings (SSSR count). The van der Waals surface area contributed by atoms with Crippen molar-refractivity contribution in [1.29, 1.82) is 0 Å². The number of sulfone groups is 1. The lowest BCUT2D eigenvalue weighted by Crippen LogP contribution is -2.13. The predicted molar refractivity (Wildman–Crippen MR) is 94.5 cm³/mol. The maximum Gasteiger partial charge on any atom is 0.178 e. The molecule has 124 valence electrons. The molecule has 0 saturated heterocycles. The van der Waals surface area contributed by atoms with E-state index < -0.39 is 9.84 Å². The fourth-order valence-electron chi connectivity index (χ4n) is 2.35. The van der Waals surface area contributed by atoms with Gasteiger partial charge in [0.1, 0.15) is 0 Å². The van der Waals surface area contributed by atoms with E-state index in [0.717, 1.165) is 23.2 Å². The van der Waals surface area contributed by atoms with E-state index in [2.05, 4.69) is 25.8 Å². The van der Waals surface area contributed by atoms with Crippen molar-refractivity contribution in [3.63, 3.8) is 0 Å². The molecule has 0 amide bonds. The zero-order valence-electron chi connectivity index (χ0n) is 14.3. The van der Waals surface area contributed by atoms with Crippen molar-refractivity contribution < 1.29 is 8.42 Å². The number of aromatic nitrogens is 1. The van der Waals surface area contributed by atoms with E-state index in [1.54, 1.807) is 12.1 Å². The summed E-state index contributed by atoms with van der Waals surface area (Å²) in [4.78, 5) is 4.89. The van der Waals surface area contributed by atoms with Crippen LogP contribution in [0.4, 0.5) is 0 Å². The largest absolute Gasteiger partial charge is 0.260 e. The average molecular weight is 331 g/mol. The van der Waals surface area contributed by atoms with E-state index in [9.17, 15) is 8.42 Å². The van der Waals surface area contributed by atoms with Crippen molar-refractivity contribution in [2.45, 2.75) is 50.8 Å². The first-order valence-electron chi connectivity index (χ1n) is 7.93. The van der Waals surface area contributed by atoms with Gasteiger partial charge in [0.25, 0.3) is 0 Å². The summed E-state index contributed by atoms with van der Waals surface area (Å²) in [7, 11) is -3.20. The van der Waals surface area contributed by atoms with Gasteiger partial charge in [0.15, 0.2) is 9.84 Å². The quantitative estimate of drug-likeness (QED) is 0.829. The van der Waals surface area contributed by atoms with Crippen LogP contribution in [-0.2, 0) is 21.7 Å². The molecule has 23 heavy (non-hydrogen) atoms. The summed E-state index contributed by atoms with van der Waals surface area (Å²) in [6.07, 6.45) is 3.19. The van der Waals surface area contributed by atoms with Gasteiger partial charge < -0.3 is 0 Å². The minimum absolute atomic E-state index is 0.0350. The number of pyridine rings is 1. The van der Waals surface area contributed by atoms with Gasteiger partial charge in [0.05, 0.1) is 10.6 Å². The molecule has 0 spiro atoms. The van der Waals surface area contributed by atoms with Crippen LogP contribution < -0.4 is 0 Å². The van der Waals surface area contributed by atoms with Gasteiger partial charge in [-0.25, -0.2) is 8.42 Å². The summed E-state index contributed by atoms with van der Waals surface area (Å²) in [6, 6.07) is 11.1. The Kier molecular flexibility index (Phi) is 5.25. The van der Waals surface area contributed by atoms with Crippen molar-refractivity contribution in [2.24, 2.45) is 0 Å². The van der Waals surface area contributed by atoms with E-state index in [0.29, 0.717) is 11.3 Å².